The molecule has 5 rings (SSSR count). The Labute approximate surface area is 200 Å². The largest absolute Gasteiger partial charge is 0.333 e. The van der Waals surface area contributed by atoms with Crippen LogP contribution in [0.1, 0.15) is 35.5 Å². The maximum absolute atomic E-state index is 13.4. The van der Waals surface area contributed by atoms with E-state index < -0.39 is 0 Å². The Hall–Kier alpha value is -3.88. The number of fused-ring (bicyclic) bond motifs is 1. The molecule has 2 N–H and O–H groups in total. The van der Waals surface area contributed by atoms with E-state index in [9.17, 15) is 4.79 Å². The first-order valence-corrected chi connectivity index (χ1v) is 11.8. The third-order valence-corrected chi connectivity index (χ3v) is 6.45. The Morgan fingerprint density at radius 2 is 1.82 bits per heavy atom. The van der Waals surface area contributed by atoms with Gasteiger partial charge >= 0.3 is 0 Å². The highest BCUT2D eigenvalue weighted by atomic mass is 16.2. The smallest absolute Gasteiger partial charge is 0.254 e. The van der Waals surface area contributed by atoms with E-state index >= 15 is 0 Å². The molecule has 170 valence electrons. The molecule has 0 unspecified atom stereocenters. The molecule has 1 aromatic heterocycles. The lowest BCUT2D eigenvalue weighted by Crippen LogP contribution is -2.55. The van der Waals surface area contributed by atoms with Crippen LogP contribution in [0.15, 0.2) is 72.8 Å². The van der Waals surface area contributed by atoms with Gasteiger partial charge in [0.25, 0.3) is 5.91 Å². The van der Waals surface area contributed by atoms with E-state index in [0.29, 0.717) is 23.7 Å². The molecule has 2 heterocycles. The third kappa shape index (κ3) is 4.33. The number of rotatable bonds is 3. The molecule has 0 aliphatic carbocycles. The fourth-order valence-corrected chi connectivity index (χ4v) is 4.57. The van der Waals surface area contributed by atoms with Gasteiger partial charge in [0, 0.05) is 42.2 Å². The van der Waals surface area contributed by atoms with Crippen molar-refractivity contribution in [3.05, 3.63) is 89.6 Å². The minimum atomic E-state index is 0.0663. The summed E-state index contributed by atoms with van der Waals surface area (Å²) < 4.78 is 0. The van der Waals surface area contributed by atoms with Crippen LogP contribution < -0.4 is 5.32 Å². The fraction of sp³-hybridized carbons (Fsp3) is 0.241. The second kappa shape index (κ2) is 9.54. The van der Waals surface area contributed by atoms with Gasteiger partial charge in [-0.05, 0) is 47.2 Å². The van der Waals surface area contributed by atoms with Gasteiger partial charge in [-0.15, -0.1) is 0 Å². The summed E-state index contributed by atoms with van der Waals surface area (Å²) >= 11 is 0. The summed E-state index contributed by atoms with van der Waals surface area (Å²) in [6, 6.07) is 24.3. The monoisotopic (exact) mass is 448 g/mol. The van der Waals surface area contributed by atoms with Crippen molar-refractivity contribution < 1.29 is 4.79 Å². The van der Waals surface area contributed by atoms with Gasteiger partial charge in [0.2, 0.25) is 0 Å². The van der Waals surface area contributed by atoms with Crippen LogP contribution in [0.4, 0.5) is 0 Å². The van der Waals surface area contributed by atoms with E-state index in [4.69, 9.17) is 0 Å². The number of amides is 1. The molecule has 0 spiro atoms. The predicted molar refractivity (Wildman–Crippen MR) is 136 cm³/mol. The minimum Gasteiger partial charge on any atom is -0.333 e. The van der Waals surface area contributed by atoms with E-state index in [1.165, 1.54) is 0 Å². The summed E-state index contributed by atoms with van der Waals surface area (Å²) in [4.78, 5) is 15.4. The van der Waals surface area contributed by atoms with Crippen molar-refractivity contribution in [3.63, 3.8) is 0 Å². The number of nitrogens with zero attached hydrogens (tertiary/aromatic N) is 2. The Bertz CT molecular complexity index is 1380. The first-order valence-electron chi connectivity index (χ1n) is 11.8. The molecule has 4 aromatic rings. The maximum Gasteiger partial charge on any atom is 0.254 e. The zero-order chi connectivity index (χ0) is 23.5. The molecule has 1 fully saturated rings. The highest BCUT2D eigenvalue weighted by molar-refractivity contribution is 5.99. The van der Waals surface area contributed by atoms with Crippen LogP contribution in [0.25, 0.3) is 22.0 Å². The summed E-state index contributed by atoms with van der Waals surface area (Å²) in [7, 11) is 0. The summed E-state index contributed by atoms with van der Waals surface area (Å²) in [6.45, 7) is 6.69. The van der Waals surface area contributed by atoms with Gasteiger partial charge < -0.3 is 10.2 Å². The summed E-state index contributed by atoms with van der Waals surface area (Å²) in [5.74, 6) is 7.04. The summed E-state index contributed by atoms with van der Waals surface area (Å²) in [5.41, 5.74) is 5.36. The summed E-state index contributed by atoms with van der Waals surface area (Å²) in [5, 5.41) is 11.7. The first-order chi connectivity index (χ1) is 16.6. The lowest BCUT2D eigenvalue weighted by molar-refractivity contribution is 0.0573. The van der Waals surface area contributed by atoms with E-state index in [0.717, 1.165) is 40.7 Å². The minimum absolute atomic E-state index is 0.0663. The Morgan fingerprint density at radius 1 is 1.03 bits per heavy atom. The average molecular weight is 449 g/mol. The van der Waals surface area contributed by atoms with Crippen LogP contribution in [-0.2, 0) is 0 Å². The van der Waals surface area contributed by atoms with Crippen molar-refractivity contribution in [1.82, 2.24) is 20.4 Å². The highest BCUT2D eigenvalue weighted by Crippen LogP contribution is 2.24. The molecular weight excluding hydrogens is 420 g/mol. The second-order valence-corrected chi connectivity index (χ2v) is 9.01. The molecule has 1 saturated heterocycles. The Morgan fingerprint density at radius 3 is 2.65 bits per heavy atom. The molecule has 1 atom stereocenters. The quantitative estimate of drug-likeness (QED) is 0.447. The number of nitrogens with one attached hydrogen (secondary N) is 2. The van der Waals surface area contributed by atoms with Crippen molar-refractivity contribution in [2.75, 3.05) is 19.6 Å². The van der Waals surface area contributed by atoms with Crippen molar-refractivity contribution >= 4 is 16.8 Å². The zero-order valence-electron chi connectivity index (χ0n) is 19.5. The number of aromatic nitrogens is 2. The molecule has 3 aromatic carbocycles. The maximum atomic E-state index is 13.4. The standard InChI is InChI=1S/C29H28N4O/c1-20(2)28-19-30-16-17-33(28)29(34)23-13-15-27-25(18-23)26(31-32-27)14-12-22-10-6-7-11-24(22)21-8-4-3-5-9-21/h3-11,13,15,18,20,28,30H,16-17,19H2,1-2H3,(H,31,32)/t28-/m0/s1. The van der Waals surface area contributed by atoms with Crippen molar-refractivity contribution in [2.45, 2.75) is 19.9 Å². The van der Waals surface area contributed by atoms with Gasteiger partial charge in [-0.25, -0.2) is 0 Å². The number of hydrogen-bond acceptors (Lipinski definition) is 3. The molecule has 0 radical (unpaired) electrons. The van der Waals surface area contributed by atoms with Crippen molar-refractivity contribution in [2.24, 2.45) is 5.92 Å². The van der Waals surface area contributed by atoms with Crippen molar-refractivity contribution in [1.29, 1.82) is 0 Å². The molecule has 0 bridgehead atoms. The zero-order valence-corrected chi connectivity index (χ0v) is 19.5. The molecule has 5 heteroatoms. The van der Waals surface area contributed by atoms with Crippen LogP contribution in [0, 0.1) is 17.8 Å². The van der Waals surface area contributed by atoms with Gasteiger partial charge in [0.1, 0.15) is 5.69 Å². The van der Waals surface area contributed by atoms with E-state index in [-0.39, 0.29) is 11.9 Å². The topological polar surface area (TPSA) is 61.0 Å². The lowest BCUT2D eigenvalue weighted by atomic mass is 9.99. The number of H-pyrrole nitrogens is 1. The van der Waals surface area contributed by atoms with Crippen molar-refractivity contribution in [3.8, 4) is 23.0 Å². The van der Waals surface area contributed by atoms with Gasteiger partial charge in [-0.2, -0.15) is 5.10 Å². The van der Waals surface area contributed by atoms with Gasteiger partial charge in [0.05, 0.1) is 5.52 Å². The van der Waals surface area contributed by atoms with E-state index in [1.807, 2.05) is 59.5 Å². The fourth-order valence-electron chi connectivity index (χ4n) is 4.57. The summed E-state index contributed by atoms with van der Waals surface area (Å²) in [6.07, 6.45) is 0. The SMILES string of the molecule is CC(C)[C@@H]1CNCCN1C(=O)c1ccc2n[nH]c(C#Cc3ccccc3-c3ccccc3)c2c1. The number of aromatic amines is 1. The molecular formula is C29H28N4O. The molecule has 1 amide bonds. The number of benzene rings is 3. The second-order valence-electron chi connectivity index (χ2n) is 9.01. The number of piperazine rings is 1. The van der Waals surface area contributed by atoms with Crippen LogP contribution in [0.5, 0.6) is 0 Å². The third-order valence-electron chi connectivity index (χ3n) is 6.45. The molecule has 1 aliphatic heterocycles. The van der Waals surface area contributed by atoms with E-state index in [1.54, 1.807) is 0 Å². The highest BCUT2D eigenvalue weighted by Gasteiger charge is 2.29. The van der Waals surface area contributed by atoms with Crippen LogP contribution >= 0.6 is 0 Å². The van der Waals surface area contributed by atoms with Crippen LogP contribution in [-0.4, -0.2) is 46.7 Å². The number of hydrogen-bond donors (Lipinski definition) is 2. The average Bonchev–Trinajstić information content (AvgIpc) is 3.30. The Balaban J connectivity index is 1.48. The number of carbonyl (C=O) groups is 1. The van der Waals surface area contributed by atoms with Gasteiger partial charge in [0.15, 0.2) is 0 Å². The van der Waals surface area contributed by atoms with Gasteiger partial charge in [-0.1, -0.05) is 68.3 Å². The normalized spacial score (nSPS) is 15.9. The van der Waals surface area contributed by atoms with E-state index in [2.05, 4.69) is 59.4 Å². The van der Waals surface area contributed by atoms with Crippen LogP contribution in [0.3, 0.4) is 0 Å². The Kier molecular flexibility index (Phi) is 6.16. The molecule has 1 aliphatic rings. The molecule has 5 nitrogen and oxygen atoms in total. The predicted octanol–water partition coefficient (Wildman–Crippen LogP) is 4.70. The first kappa shape index (κ1) is 21.9. The molecule has 0 saturated carbocycles. The lowest BCUT2D eigenvalue weighted by Gasteiger charge is -2.38. The van der Waals surface area contributed by atoms with Crippen LogP contribution in [0.2, 0.25) is 0 Å². The number of carbonyl (C=O) groups excluding carboxylic acids is 1. The molecule has 34 heavy (non-hydrogen) atoms. The van der Waals surface area contributed by atoms with Gasteiger partial charge in [-0.3, -0.25) is 9.89 Å².